The van der Waals surface area contributed by atoms with Crippen molar-refractivity contribution in [1.29, 1.82) is 0 Å². The van der Waals surface area contributed by atoms with Gasteiger partial charge in [-0.15, -0.1) is 0 Å². The summed E-state index contributed by atoms with van der Waals surface area (Å²) in [5, 5.41) is 7.74. The molecule has 3 rings (SSSR count). The summed E-state index contributed by atoms with van der Waals surface area (Å²) >= 11 is 1.92. The Morgan fingerprint density at radius 1 is 1.39 bits per heavy atom. The number of nitrogens with zero attached hydrogens (tertiary/aromatic N) is 3. The van der Waals surface area contributed by atoms with Crippen LogP contribution in [0.25, 0.3) is 0 Å². The standard InChI is InChI=1S/C17H28N4OS/c1-23-10-4-8-20-7-3-9-21-16(13-20)11-15(19-21)12-18-17(22)14-5-2-6-14/h11,14H,2-10,12-13H2,1H3,(H,18,22). The van der Waals surface area contributed by atoms with E-state index in [0.717, 1.165) is 44.6 Å². The van der Waals surface area contributed by atoms with E-state index >= 15 is 0 Å². The molecule has 1 aliphatic carbocycles. The van der Waals surface area contributed by atoms with E-state index in [1.54, 1.807) is 0 Å². The van der Waals surface area contributed by atoms with Crippen molar-refractivity contribution in [1.82, 2.24) is 20.0 Å². The van der Waals surface area contributed by atoms with Crippen LogP contribution in [0.3, 0.4) is 0 Å². The lowest BCUT2D eigenvalue weighted by atomic mass is 9.85. The molecule has 5 nitrogen and oxygen atoms in total. The molecular formula is C17H28N4OS. The third-order valence-electron chi connectivity index (χ3n) is 4.89. The highest BCUT2D eigenvalue weighted by molar-refractivity contribution is 7.98. The molecule has 2 heterocycles. The molecule has 1 aliphatic heterocycles. The molecule has 1 amide bonds. The number of thioether (sulfide) groups is 1. The second-order valence-electron chi connectivity index (χ2n) is 6.67. The van der Waals surface area contributed by atoms with E-state index in [4.69, 9.17) is 0 Å². The Hall–Kier alpha value is -1.01. The first-order chi connectivity index (χ1) is 11.3. The highest BCUT2D eigenvalue weighted by Gasteiger charge is 2.25. The fraction of sp³-hybridized carbons (Fsp3) is 0.765. The van der Waals surface area contributed by atoms with E-state index in [1.807, 2.05) is 11.8 Å². The molecule has 6 heteroatoms. The van der Waals surface area contributed by atoms with Crippen molar-refractivity contribution in [3.05, 3.63) is 17.5 Å². The molecule has 128 valence electrons. The Balaban J connectivity index is 1.52. The number of carbonyl (C=O) groups is 1. The quantitative estimate of drug-likeness (QED) is 0.776. The molecule has 0 saturated heterocycles. The molecule has 1 N–H and O–H groups in total. The van der Waals surface area contributed by atoms with Gasteiger partial charge in [0.25, 0.3) is 0 Å². The van der Waals surface area contributed by atoms with Crippen LogP contribution in [0.15, 0.2) is 6.07 Å². The lowest BCUT2D eigenvalue weighted by Gasteiger charge is -2.23. The Labute approximate surface area is 143 Å². The van der Waals surface area contributed by atoms with Crippen molar-refractivity contribution >= 4 is 17.7 Å². The van der Waals surface area contributed by atoms with Crippen LogP contribution in [0.5, 0.6) is 0 Å². The third kappa shape index (κ3) is 4.51. The molecule has 2 aliphatic rings. The van der Waals surface area contributed by atoms with Crippen LogP contribution in [-0.2, 0) is 24.4 Å². The minimum atomic E-state index is 0.207. The van der Waals surface area contributed by atoms with Crippen LogP contribution in [0.2, 0.25) is 0 Å². The predicted molar refractivity (Wildman–Crippen MR) is 94.3 cm³/mol. The maximum absolute atomic E-state index is 11.9. The first-order valence-corrected chi connectivity index (χ1v) is 10.2. The second kappa shape index (κ2) is 8.20. The van der Waals surface area contributed by atoms with E-state index < -0.39 is 0 Å². The van der Waals surface area contributed by atoms with Gasteiger partial charge in [-0.25, -0.2) is 0 Å². The lowest BCUT2D eigenvalue weighted by Crippen LogP contribution is -2.34. The summed E-state index contributed by atoms with van der Waals surface area (Å²) in [6.45, 7) is 4.87. The first-order valence-electron chi connectivity index (χ1n) is 8.81. The Morgan fingerprint density at radius 3 is 3.00 bits per heavy atom. The van der Waals surface area contributed by atoms with Crippen LogP contribution in [-0.4, -0.2) is 45.7 Å². The summed E-state index contributed by atoms with van der Waals surface area (Å²) in [5.41, 5.74) is 2.29. The molecule has 0 bridgehead atoms. The SMILES string of the molecule is CSCCCN1CCCn2nc(CNC(=O)C3CCC3)cc2C1. The van der Waals surface area contributed by atoms with Gasteiger partial charge in [0.05, 0.1) is 17.9 Å². The number of aromatic nitrogens is 2. The molecule has 1 fully saturated rings. The number of hydrogen-bond donors (Lipinski definition) is 1. The number of rotatable bonds is 7. The van der Waals surface area contributed by atoms with Crippen LogP contribution in [0, 0.1) is 5.92 Å². The van der Waals surface area contributed by atoms with Gasteiger partial charge in [-0.1, -0.05) is 6.42 Å². The van der Waals surface area contributed by atoms with Crippen molar-refractivity contribution in [2.75, 3.05) is 25.1 Å². The van der Waals surface area contributed by atoms with Gasteiger partial charge >= 0.3 is 0 Å². The smallest absolute Gasteiger partial charge is 0.223 e. The zero-order chi connectivity index (χ0) is 16.1. The number of aryl methyl sites for hydroxylation is 1. The van der Waals surface area contributed by atoms with Gasteiger partial charge in [-0.05, 0) is 50.3 Å². The van der Waals surface area contributed by atoms with E-state index in [9.17, 15) is 4.79 Å². The Bertz CT molecular complexity index is 527. The number of nitrogens with one attached hydrogen (secondary N) is 1. The van der Waals surface area contributed by atoms with Gasteiger partial charge < -0.3 is 5.32 Å². The zero-order valence-electron chi connectivity index (χ0n) is 14.1. The van der Waals surface area contributed by atoms with Crippen molar-refractivity contribution < 1.29 is 4.79 Å². The molecular weight excluding hydrogens is 308 g/mol. The van der Waals surface area contributed by atoms with Crippen LogP contribution in [0.1, 0.15) is 43.5 Å². The monoisotopic (exact) mass is 336 g/mol. The Morgan fingerprint density at radius 2 is 2.26 bits per heavy atom. The van der Waals surface area contributed by atoms with E-state index in [2.05, 4.69) is 32.3 Å². The minimum Gasteiger partial charge on any atom is -0.350 e. The van der Waals surface area contributed by atoms with Crippen LogP contribution < -0.4 is 5.32 Å². The number of amides is 1. The molecule has 0 atom stereocenters. The predicted octanol–water partition coefficient (Wildman–Crippen LogP) is 2.26. The van der Waals surface area contributed by atoms with Crippen LogP contribution in [0.4, 0.5) is 0 Å². The zero-order valence-corrected chi connectivity index (χ0v) is 14.9. The van der Waals surface area contributed by atoms with Gasteiger partial charge in [-0.2, -0.15) is 16.9 Å². The molecule has 1 aromatic heterocycles. The van der Waals surface area contributed by atoms with Crippen molar-refractivity contribution in [3.63, 3.8) is 0 Å². The van der Waals surface area contributed by atoms with Gasteiger partial charge in [0, 0.05) is 25.6 Å². The first kappa shape index (κ1) is 16.8. The van der Waals surface area contributed by atoms with Gasteiger partial charge in [0.2, 0.25) is 5.91 Å². The molecule has 0 radical (unpaired) electrons. The molecule has 1 aromatic rings. The van der Waals surface area contributed by atoms with Crippen molar-refractivity contribution in [2.45, 2.75) is 51.7 Å². The third-order valence-corrected chi connectivity index (χ3v) is 5.58. The molecule has 0 unspecified atom stereocenters. The van der Waals surface area contributed by atoms with Gasteiger partial charge in [-0.3, -0.25) is 14.4 Å². The van der Waals surface area contributed by atoms with Crippen molar-refractivity contribution in [3.8, 4) is 0 Å². The molecule has 23 heavy (non-hydrogen) atoms. The average molecular weight is 337 g/mol. The number of hydrogen-bond acceptors (Lipinski definition) is 4. The largest absolute Gasteiger partial charge is 0.350 e. The van der Waals surface area contributed by atoms with Gasteiger partial charge in [0.15, 0.2) is 0 Å². The summed E-state index contributed by atoms with van der Waals surface area (Å²) in [6.07, 6.45) is 7.87. The summed E-state index contributed by atoms with van der Waals surface area (Å²) < 4.78 is 2.14. The fourth-order valence-electron chi connectivity index (χ4n) is 3.29. The van der Waals surface area contributed by atoms with Crippen LogP contribution >= 0.6 is 11.8 Å². The summed E-state index contributed by atoms with van der Waals surface area (Å²) in [5.74, 6) is 1.69. The maximum atomic E-state index is 11.9. The minimum absolute atomic E-state index is 0.207. The number of carbonyl (C=O) groups excluding carboxylic acids is 1. The molecule has 1 saturated carbocycles. The summed E-state index contributed by atoms with van der Waals surface area (Å²) in [7, 11) is 0. The van der Waals surface area contributed by atoms with E-state index in [1.165, 1.54) is 30.8 Å². The molecule has 0 aromatic carbocycles. The highest BCUT2D eigenvalue weighted by Crippen LogP contribution is 2.26. The summed E-state index contributed by atoms with van der Waals surface area (Å²) in [4.78, 5) is 14.5. The highest BCUT2D eigenvalue weighted by atomic mass is 32.2. The summed E-state index contributed by atoms with van der Waals surface area (Å²) in [6, 6.07) is 2.17. The Kier molecular flexibility index (Phi) is 6.00. The van der Waals surface area contributed by atoms with Crippen molar-refractivity contribution in [2.24, 2.45) is 5.92 Å². The normalized spacial score (nSPS) is 19.0. The van der Waals surface area contributed by atoms with Gasteiger partial charge in [0.1, 0.15) is 0 Å². The second-order valence-corrected chi connectivity index (χ2v) is 7.66. The molecule has 0 spiro atoms. The average Bonchev–Trinajstić information content (AvgIpc) is 2.76. The van der Waals surface area contributed by atoms with E-state index in [0.29, 0.717) is 6.54 Å². The lowest BCUT2D eigenvalue weighted by molar-refractivity contribution is -0.127. The topological polar surface area (TPSA) is 50.2 Å². The maximum Gasteiger partial charge on any atom is 0.223 e. The fourth-order valence-corrected chi connectivity index (χ4v) is 3.71. The number of fused-ring (bicyclic) bond motifs is 1. The van der Waals surface area contributed by atoms with E-state index in [-0.39, 0.29) is 11.8 Å².